The van der Waals surface area contributed by atoms with E-state index in [1.165, 1.54) is 13.2 Å². The minimum Gasteiger partial charge on any atom is -0.497 e. The molecule has 0 unspecified atom stereocenters. The van der Waals surface area contributed by atoms with Gasteiger partial charge in [0.15, 0.2) is 5.16 Å². The van der Waals surface area contributed by atoms with Crippen molar-refractivity contribution < 1.29 is 19.1 Å². The first-order chi connectivity index (χ1) is 12.4. The Morgan fingerprint density at radius 1 is 1.31 bits per heavy atom. The minimum absolute atomic E-state index is 0.113. The van der Waals surface area contributed by atoms with Crippen molar-refractivity contribution in [2.45, 2.75) is 23.8 Å². The Labute approximate surface area is 154 Å². The highest BCUT2D eigenvalue weighted by molar-refractivity contribution is 8.00. The summed E-state index contributed by atoms with van der Waals surface area (Å²) >= 11 is 1.08. The molecule has 0 saturated heterocycles. The third-order valence-corrected chi connectivity index (χ3v) is 4.31. The van der Waals surface area contributed by atoms with Crippen LogP contribution in [0.2, 0.25) is 0 Å². The number of nitrogens with zero attached hydrogens (tertiary/aromatic N) is 1. The molecule has 0 fully saturated rings. The van der Waals surface area contributed by atoms with Crippen LogP contribution in [0.25, 0.3) is 0 Å². The van der Waals surface area contributed by atoms with Crippen molar-refractivity contribution in [3.8, 4) is 5.75 Å². The zero-order valence-corrected chi connectivity index (χ0v) is 15.4. The fraction of sp³-hybridized carbons (Fsp3) is 0.294. The van der Waals surface area contributed by atoms with Crippen LogP contribution < -0.4 is 15.6 Å². The van der Waals surface area contributed by atoms with E-state index in [0.29, 0.717) is 11.4 Å². The van der Waals surface area contributed by atoms with E-state index in [-0.39, 0.29) is 23.2 Å². The average Bonchev–Trinajstić information content (AvgIpc) is 2.61. The monoisotopic (exact) mass is 377 g/mol. The van der Waals surface area contributed by atoms with E-state index in [0.717, 1.165) is 11.8 Å². The maximum absolute atomic E-state index is 12.3. The molecule has 0 radical (unpaired) electrons. The molecule has 1 aromatic heterocycles. The van der Waals surface area contributed by atoms with E-state index in [4.69, 9.17) is 4.74 Å². The maximum Gasteiger partial charge on any atom is 0.311 e. The SMILES string of the molecule is COC(=O)Cc1cc(=O)[nH]c(S[C@H](C)C(=O)Nc2cccc(OC)c2)n1. The van der Waals surface area contributed by atoms with Gasteiger partial charge in [-0.15, -0.1) is 0 Å². The molecule has 0 spiro atoms. The molecule has 26 heavy (non-hydrogen) atoms. The van der Waals surface area contributed by atoms with Gasteiger partial charge in [0.05, 0.1) is 31.6 Å². The number of esters is 1. The standard InChI is InChI=1S/C17H19N3O5S/c1-10(16(23)18-11-5-4-6-13(7-11)24-2)26-17-19-12(8-14(21)20-17)9-15(22)25-3/h4-8,10H,9H2,1-3H3,(H,18,23)(H,19,20,21)/t10-/m1/s1. The molecule has 0 saturated carbocycles. The van der Waals surface area contributed by atoms with Gasteiger partial charge in [0.2, 0.25) is 5.91 Å². The van der Waals surface area contributed by atoms with Gasteiger partial charge in [0.1, 0.15) is 5.75 Å². The number of thioether (sulfide) groups is 1. The van der Waals surface area contributed by atoms with E-state index in [2.05, 4.69) is 20.0 Å². The Balaban J connectivity index is 2.06. The molecule has 138 valence electrons. The van der Waals surface area contributed by atoms with Crippen LogP contribution in [0, 0.1) is 0 Å². The van der Waals surface area contributed by atoms with Gasteiger partial charge >= 0.3 is 5.97 Å². The lowest BCUT2D eigenvalue weighted by Gasteiger charge is -2.12. The quantitative estimate of drug-likeness (QED) is 0.428. The first kappa shape index (κ1) is 19.5. The summed E-state index contributed by atoms with van der Waals surface area (Å²) < 4.78 is 9.68. The summed E-state index contributed by atoms with van der Waals surface area (Å²) in [6.45, 7) is 1.69. The first-order valence-corrected chi connectivity index (χ1v) is 8.58. The molecule has 9 heteroatoms. The molecule has 8 nitrogen and oxygen atoms in total. The molecular weight excluding hydrogens is 358 g/mol. The van der Waals surface area contributed by atoms with E-state index in [1.807, 2.05) is 0 Å². The van der Waals surface area contributed by atoms with Gasteiger partial charge in [-0.25, -0.2) is 4.98 Å². The highest BCUT2D eigenvalue weighted by Crippen LogP contribution is 2.22. The van der Waals surface area contributed by atoms with E-state index < -0.39 is 16.8 Å². The summed E-state index contributed by atoms with van der Waals surface area (Å²) in [4.78, 5) is 42.1. The second kappa shape index (κ2) is 9.04. The molecule has 2 rings (SSSR count). The Kier molecular flexibility index (Phi) is 6.79. The van der Waals surface area contributed by atoms with Crippen molar-refractivity contribution in [3.05, 3.63) is 46.4 Å². The van der Waals surface area contributed by atoms with Gasteiger partial charge in [-0.05, 0) is 19.1 Å². The fourth-order valence-corrected chi connectivity index (χ4v) is 2.85. The maximum atomic E-state index is 12.3. The van der Waals surface area contributed by atoms with Crippen LogP contribution in [0.1, 0.15) is 12.6 Å². The summed E-state index contributed by atoms with van der Waals surface area (Å²) in [6, 6.07) is 8.21. The van der Waals surface area contributed by atoms with Gasteiger partial charge in [-0.1, -0.05) is 17.8 Å². The lowest BCUT2D eigenvalue weighted by molar-refractivity contribution is -0.139. The highest BCUT2D eigenvalue weighted by atomic mass is 32.2. The number of aromatic amines is 1. The normalized spacial score (nSPS) is 11.5. The van der Waals surface area contributed by atoms with Crippen LogP contribution >= 0.6 is 11.8 Å². The van der Waals surface area contributed by atoms with E-state index in [1.54, 1.807) is 38.3 Å². The predicted molar refractivity (Wildman–Crippen MR) is 97.5 cm³/mol. The van der Waals surface area contributed by atoms with Crippen LogP contribution in [0.3, 0.4) is 0 Å². The summed E-state index contributed by atoms with van der Waals surface area (Å²) in [5, 5.41) is 2.50. The zero-order chi connectivity index (χ0) is 19.1. The van der Waals surface area contributed by atoms with E-state index in [9.17, 15) is 14.4 Å². The Morgan fingerprint density at radius 2 is 2.08 bits per heavy atom. The lowest BCUT2D eigenvalue weighted by atomic mass is 10.3. The molecule has 0 aliphatic carbocycles. The molecule has 2 N–H and O–H groups in total. The number of anilines is 1. The van der Waals surface area contributed by atoms with Crippen LogP contribution in [-0.4, -0.2) is 41.3 Å². The summed E-state index contributed by atoms with van der Waals surface area (Å²) in [5.74, 6) is -0.128. The predicted octanol–water partition coefficient (Wildman–Crippen LogP) is 1.61. The number of hydrogen-bond acceptors (Lipinski definition) is 7. The second-order valence-electron chi connectivity index (χ2n) is 5.28. The van der Waals surface area contributed by atoms with Gasteiger partial charge in [-0.3, -0.25) is 14.4 Å². The number of H-pyrrole nitrogens is 1. The molecule has 1 amide bonds. The average molecular weight is 377 g/mol. The topological polar surface area (TPSA) is 110 Å². The Hall–Kier alpha value is -2.81. The zero-order valence-electron chi connectivity index (χ0n) is 14.6. The van der Waals surface area contributed by atoms with Gasteiger partial charge < -0.3 is 19.8 Å². The van der Waals surface area contributed by atoms with Crippen molar-refractivity contribution in [2.75, 3.05) is 19.5 Å². The third-order valence-electron chi connectivity index (χ3n) is 3.32. The number of methoxy groups -OCH3 is 2. The molecule has 2 aromatic rings. The number of benzene rings is 1. The van der Waals surface area contributed by atoms with Gasteiger partial charge in [-0.2, -0.15) is 0 Å². The Morgan fingerprint density at radius 3 is 2.77 bits per heavy atom. The van der Waals surface area contributed by atoms with Crippen molar-refractivity contribution in [3.63, 3.8) is 0 Å². The smallest absolute Gasteiger partial charge is 0.311 e. The summed E-state index contributed by atoms with van der Waals surface area (Å²) in [7, 11) is 2.80. The van der Waals surface area contributed by atoms with Gasteiger partial charge in [0, 0.05) is 17.8 Å². The van der Waals surface area contributed by atoms with Crippen LogP contribution in [0.5, 0.6) is 5.75 Å². The molecule has 1 heterocycles. The van der Waals surface area contributed by atoms with Crippen molar-refractivity contribution in [2.24, 2.45) is 0 Å². The number of ether oxygens (including phenoxy) is 2. The molecule has 0 bridgehead atoms. The summed E-state index contributed by atoms with van der Waals surface area (Å²) in [5.41, 5.74) is 0.480. The van der Waals surface area contributed by atoms with Gasteiger partial charge in [0.25, 0.3) is 5.56 Å². The van der Waals surface area contributed by atoms with Crippen molar-refractivity contribution in [1.82, 2.24) is 9.97 Å². The van der Waals surface area contributed by atoms with Crippen LogP contribution in [-0.2, 0) is 20.7 Å². The number of rotatable bonds is 7. The molecule has 0 aliphatic rings. The number of carbonyl (C=O) groups excluding carboxylic acids is 2. The number of amides is 1. The number of hydrogen-bond donors (Lipinski definition) is 2. The number of aromatic nitrogens is 2. The Bertz CT molecular complexity index is 852. The molecule has 1 aromatic carbocycles. The van der Waals surface area contributed by atoms with Crippen LogP contribution in [0.4, 0.5) is 5.69 Å². The first-order valence-electron chi connectivity index (χ1n) is 7.70. The minimum atomic E-state index is -0.530. The number of carbonyl (C=O) groups is 2. The highest BCUT2D eigenvalue weighted by Gasteiger charge is 2.17. The van der Waals surface area contributed by atoms with Crippen LogP contribution in [0.15, 0.2) is 40.3 Å². The molecule has 0 aliphatic heterocycles. The summed E-state index contributed by atoms with van der Waals surface area (Å²) in [6.07, 6.45) is -0.113. The fourth-order valence-electron chi connectivity index (χ4n) is 2.02. The largest absolute Gasteiger partial charge is 0.497 e. The number of nitrogens with one attached hydrogen (secondary N) is 2. The second-order valence-corrected chi connectivity index (χ2v) is 6.61. The molecular formula is C17H19N3O5S. The lowest BCUT2D eigenvalue weighted by Crippen LogP contribution is -2.23. The molecule has 1 atom stereocenters. The van der Waals surface area contributed by atoms with E-state index >= 15 is 0 Å². The van der Waals surface area contributed by atoms with Crippen molar-refractivity contribution >= 4 is 29.3 Å². The third kappa shape index (κ3) is 5.62. The van der Waals surface area contributed by atoms with Crippen molar-refractivity contribution in [1.29, 1.82) is 0 Å².